The van der Waals surface area contributed by atoms with Gasteiger partial charge >= 0.3 is 0 Å². The molecule has 0 spiro atoms. The second kappa shape index (κ2) is 3.53. The van der Waals surface area contributed by atoms with Crippen molar-refractivity contribution in [2.24, 2.45) is 5.92 Å². The number of aliphatic hydroxyl groups excluding tert-OH is 1. The largest absolute Gasteiger partial charge is 0.391 e. The van der Waals surface area contributed by atoms with Gasteiger partial charge in [-0.1, -0.05) is 0 Å². The third kappa shape index (κ3) is 1.55. The lowest BCUT2D eigenvalue weighted by Gasteiger charge is -2.31. The molecule has 1 aliphatic carbocycles. The lowest BCUT2D eigenvalue weighted by Crippen LogP contribution is -2.54. The predicted molar refractivity (Wildman–Crippen MR) is 53.3 cm³/mol. The molecule has 3 rings (SSSR count). The fraction of sp³-hybridized carbons (Fsp3) is 0.818. The van der Waals surface area contributed by atoms with Crippen molar-refractivity contribution >= 4 is 11.8 Å². The van der Waals surface area contributed by atoms with Crippen molar-refractivity contribution < 1.29 is 19.4 Å². The van der Waals surface area contributed by atoms with E-state index in [1.54, 1.807) is 0 Å². The van der Waals surface area contributed by atoms with E-state index in [0.717, 1.165) is 12.8 Å². The van der Waals surface area contributed by atoms with Crippen LogP contribution in [0.4, 0.5) is 0 Å². The second-order valence-electron chi connectivity index (χ2n) is 4.88. The Kier molecular flexibility index (Phi) is 2.26. The van der Waals surface area contributed by atoms with Crippen molar-refractivity contribution in [1.82, 2.24) is 4.90 Å². The lowest BCUT2D eigenvalue weighted by atomic mass is 10.2. The van der Waals surface area contributed by atoms with Crippen LogP contribution in [0.15, 0.2) is 0 Å². The zero-order chi connectivity index (χ0) is 11.3. The Labute approximate surface area is 93.4 Å². The number of hydrogen-bond acceptors (Lipinski definition) is 4. The highest BCUT2D eigenvalue weighted by atomic mass is 16.5. The average molecular weight is 225 g/mol. The van der Waals surface area contributed by atoms with Gasteiger partial charge in [-0.25, -0.2) is 0 Å². The molecule has 0 aromatic rings. The Balaban J connectivity index is 1.72. The summed E-state index contributed by atoms with van der Waals surface area (Å²) in [6.45, 7) is 0.151. The minimum atomic E-state index is -0.551. The molecule has 0 aromatic carbocycles. The Hall–Kier alpha value is -0.940. The molecule has 2 saturated heterocycles. The fourth-order valence-electron chi connectivity index (χ4n) is 2.45. The summed E-state index contributed by atoms with van der Waals surface area (Å²) in [5.41, 5.74) is 0. The summed E-state index contributed by atoms with van der Waals surface area (Å²) < 4.78 is 5.29. The molecule has 5 heteroatoms. The van der Waals surface area contributed by atoms with Crippen molar-refractivity contribution in [3.05, 3.63) is 0 Å². The molecule has 2 heterocycles. The van der Waals surface area contributed by atoms with Crippen LogP contribution in [0.5, 0.6) is 0 Å². The van der Waals surface area contributed by atoms with Crippen LogP contribution in [0.2, 0.25) is 0 Å². The Morgan fingerprint density at radius 2 is 1.75 bits per heavy atom. The van der Waals surface area contributed by atoms with E-state index < -0.39 is 18.3 Å². The van der Waals surface area contributed by atoms with Gasteiger partial charge in [0.25, 0.3) is 11.8 Å². The smallest absolute Gasteiger partial charge is 0.258 e. The quantitative estimate of drug-likeness (QED) is 0.668. The van der Waals surface area contributed by atoms with Crippen LogP contribution >= 0.6 is 0 Å². The molecule has 3 fully saturated rings. The van der Waals surface area contributed by atoms with Crippen LogP contribution in [0.3, 0.4) is 0 Å². The third-order valence-electron chi connectivity index (χ3n) is 3.64. The number of rotatable bonds is 3. The molecule has 3 aliphatic rings. The number of β-amino-alcohol motifs (C(OH)–C–C–N with tert-alkyl or cyclic N) is 1. The van der Waals surface area contributed by atoms with Crippen LogP contribution in [0, 0.1) is 5.92 Å². The van der Waals surface area contributed by atoms with Gasteiger partial charge in [0.15, 0.2) is 0 Å². The molecule has 5 nitrogen and oxygen atoms in total. The summed E-state index contributed by atoms with van der Waals surface area (Å²) in [6, 6.07) is 0. The van der Waals surface area contributed by atoms with Gasteiger partial charge in [0.1, 0.15) is 12.2 Å². The molecule has 1 saturated carbocycles. The van der Waals surface area contributed by atoms with E-state index in [1.807, 2.05) is 0 Å². The van der Waals surface area contributed by atoms with E-state index in [0.29, 0.717) is 12.8 Å². The molecule has 0 radical (unpaired) electrons. The molecule has 2 aliphatic heterocycles. The molecule has 2 amide bonds. The molecule has 2 bridgehead atoms. The van der Waals surface area contributed by atoms with E-state index >= 15 is 0 Å². The summed E-state index contributed by atoms with van der Waals surface area (Å²) in [6.07, 6.45) is 1.81. The van der Waals surface area contributed by atoms with Gasteiger partial charge in [0.2, 0.25) is 0 Å². The first-order chi connectivity index (χ1) is 7.66. The van der Waals surface area contributed by atoms with Gasteiger partial charge < -0.3 is 9.84 Å². The zero-order valence-corrected chi connectivity index (χ0v) is 8.96. The topological polar surface area (TPSA) is 66.8 Å². The summed E-state index contributed by atoms with van der Waals surface area (Å²) in [7, 11) is 0. The number of amides is 2. The van der Waals surface area contributed by atoms with Crippen molar-refractivity contribution in [1.29, 1.82) is 0 Å². The summed E-state index contributed by atoms with van der Waals surface area (Å²) in [5.74, 6) is -0.252. The monoisotopic (exact) mass is 225 g/mol. The minimum absolute atomic E-state index is 0.151. The number of carbonyl (C=O) groups excluding carboxylic acids is 2. The first kappa shape index (κ1) is 10.2. The number of fused-ring (bicyclic) bond motifs is 2. The number of likely N-dealkylation sites (tertiary alicyclic amines) is 1. The van der Waals surface area contributed by atoms with Crippen LogP contribution in [0.1, 0.15) is 25.7 Å². The number of nitrogens with zero attached hydrogens (tertiary/aromatic N) is 1. The Bertz CT molecular complexity index is 317. The highest BCUT2D eigenvalue weighted by Crippen LogP contribution is 2.34. The molecule has 16 heavy (non-hydrogen) atoms. The molecule has 1 N–H and O–H groups in total. The van der Waals surface area contributed by atoms with E-state index in [2.05, 4.69) is 0 Å². The van der Waals surface area contributed by atoms with Crippen molar-refractivity contribution in [2.45, 2.75) is 44.0 Å². The standard InChI is InChI=1S/C11H15NO4/c13-7(6-1-2-6)5-12-10(14)8-3-4-9(16-8)11(12)15/h6-9,13H,1-5H2. The van der Waals surface area contributed by atoms with Gasteiger partial charge in [0.05, 0.1) is 12.6 Å². The SMILES string of the molecule is O=C1C2CCC(O2)C(=O)N1CC(O)C1CC1. The normalized spacial score (nSPS) is 35.7. The summed E-state index contributed by atoms with van der Waals surface area (Å²) in [4.78, 5) is 24.9. The first-order valence-electron chi connectivity index (χ1n) is 5.85. The van der Waals surface area contributed by atoms with Gasteiger partial charge in [-0.2, -0.15) is 0 Å². The van der Waals surface area contributed by atoms with E-state index in [9.17, 15) is 14.7 Å². The number of hydrogen-bond donors (Lipinski definition) is 1. The Morgan fingerprint density at radius 1 is 1.19 bits per heavy atom. The number of carbonyl (C=O) groups is 2. The molecular formula is C11H15NO4. The van der Waals surface area contributed by atoms with Crippen molar-refractivity contribution in [3.8, 4) is 0 Å². The number of morpholine rings is 1. The summed E-state index contributed by atoms with van der Waals surface area (Å²) >= 11 is 0. The van der Waals surface area contributed by atoms with E-state index in [-0.39, 0.29) is 24.3 Å². The van der Waals surface area contributed by atoms with Gasteiger partial charge in [-0.3, -0.25) is 14.5 Å². The first-order valence-corrected chi connectivity index (χ1v) is 5.85. The summed E-state index contributed by atoms with van der Waals surface area (Å²) in [5, 5.41) is 9.78. The number of ether oxygens (including phenoxy) is 1. The van der Waals surface area contributed by atoms with E-state index in [4.69, 9.17) is 4.74 Å². The maximum atomic E-state index is 11.8. The van der Waals surface area contributed by atoms with E-state index in [1.165, 1.54) is 4.90 Å². The lowest BCUT2D eigenvalue weighted by molar-refractivity contribution is -0.170. The van der Waals surface area contributed by atoms with Crippen LogP contribution < -0.4 is 0 Å². The number of imide groups is 1. The molecule has 88 valence electrons. The maximum Gasteiger partial charge on any atom is 0.258 e. The van der Waals surface area contributed by atoms with Gasteiger partial charge in [0, 0.05) is 0 Å². The van der Waals surface area contributed by atoms with Crippen molar-refractivity contribution in [3.63, 3.8) is 0 Å². The zero-order valence-electron chi connectivity index (χ0n) is 8.96. The minimum Gasteiger partial charge on any atom is -0.391 e. The van der Waals surface area contributed by atoms with Gasteiger partial charge in [-0.15, -0.1) is 0 Å². The van der Waals surface area contributed by atoms with Crippen molar-refractivity contribution in [2.75, 3.05) is 6.54 Å². The molecular weight excluding hydrogens is 210 g/mol. The predicted octanol–water partition coefficient (Wildman–Crippen LogP) is -0.326. The molecule has 3 unspecified atom stereocenters. The fourth-order valence-corrected chi connectivity index (χ4v) is 2.45. The maximum absolute atomic E-state index is 11.8. The van der Waals surface area contributed by atoms with Crippen LogP contribution in [-0.2, 0) is 14.3 Å². The number of aliphatic hydroxyl groups is 1. The van der Waals surface area contributed by atoms with Gasteiger partial charge in [-0.05, 0) is 31.6 Å². The Morgan fingerprint density at radius 3 is 2.25 bits per heavy atom. The molecule has 3 atom stereocenters. The molecule has 0 aromatic heterocycles. The third-order valence-corrected chi connectivity index (χ3v) is 3.64. The highest BCUT2D eigenvalue weighted by molar-refractivity contribution is 6.02. The van der Waals surface area contributed by atoms with Crippen LogP contribution in [-0.4, -0.2) is 46.7 Å². The second-order valence-corrected chi connectivity index (χ2v) is 4.88. The highest BCUT2D eigenvalue weighted by Gasteiger charge is 2.47. The van der Waals surface area contributed by atoms with Crippen LogP contribution in [0.25, 0.3) is 0 Å². The average Bonchev–Trinajstić information content (AvgIpc) is 3.01.